The van der Waals surface area contributed by atoms with Gasteiger partial charge in [-0.05, 0) is 12.1 Å². The SMILES string of the molecule is Nc1cc(Cl)c(CO)c(Br)c1. The van der Waals surface area contributed by atoms with Gasteiger partial charge >= 0.3 is 0 Å². The molecule has 1 aromatic carbocycles. The highest BCUT2D eigenvalue weighted by Gasteiger charge is 2.04. The van der Waals surface area contributed by atoms with Crippen LogP contribution < -0.4 is 5.73 Å². The summed E-state index contributed by atoms with van der Waals surface area (Å²) in [6.45, 7) is -0.0836. The Morgan fingerprint density at radius 2 is 2.18 bits per heavy atom. The summed E-state index contributed by atoms with van der Waals surface area (Å²) in [5.41, 5.74) is 6.74. The molecule has 0 aliphatic heterocycles. The monoisotopic (exact) mass is 235 g/mol. The van der Waals surface area contributed by atoms with E-state index in [4.69, 9.17) is 22.4 Å². The number of aliphatic hydroxyl groups excluding tert-OH is 1. The molecule has 1 aromatic rings. The Bertz CT molecular complexity index is 254. The van der Waals surface area contributed by atoms with E-state index in [1.165, 1.54) is 0 Å². The first-order valence-electron chi connectivity index (χ1n) is 2.99. The maximum atomic E-state index is 8.83. The van der Waals surface area contributed by atoms with Gasteiger partial charge in [0.25, 0.3) is 0 Å². The Morgan fingerprint density at radius 3 is 2.64 bits per heavy atom. The number of nitrogen functional groups attached to an aromatic ring is 1. The van der Waals surface area contributed by atoms with E-state index in [9.17, 15) is 0 Å². The normalized spacial score (nSPS) is 10.1. The number of anilines is 1. The maximum Gasteiger partial charge on any atom is 0.0707 e. The van der Waals surface area contributed by atoms with Gasteiger partial charge in [-0.3, -0.25) is 0 Å². The Hall–Kier alpha value is -0.250. The fourth-order valence-corrected chi connectivity index (χ4v) is 1.78. The van der Waals surface area contributed by atoms with E-state index in [2.05, 4.69) is 15.9 Å². The summed E-state index contributed by atoms with van der Waals surface area (Å²) in [5, 5.41) is 9.32. The molecule has 0 heterocycles. The van der Waals surface area contributed by atoms with Crippen LogP contribution in [0.1, 0.15) is 5.56 Å². The van der Waals surface area contributed by atoms with E-state index >= 15 is 0 Å². The Labute approximate surface area is 78.1 Å². The number of rotatable bonds is 1. The van der Waals surface area contributed by atoms with Crippen molar-refractivity contribution in [1.82, 2.24) is 0 Å². The highest BCUT2D eigenvalue weighted by molar-refractivity contribution is 9.10. The van der Waals surface area contributed by atoms with Gasteiger partial charge in [0, 0.05) is 20.7 Å². The quantitative estimate of drug-likeness (QED) is 0.734. The smallest absolute Gasteiger partial charge is 0.0707 e. The first-order chi connectivity index (χ1) is 5.15. The summed E-state index contributed by atoms with van der Waals surface area (Å²) in [7, 11) is 0. The molecule has 0 amide bonds. The molecule has 11 heavy (non-hydrogen) atoms. The third-order valence-corrected chi connectivity index (χ3v) is 2.37. The lowest BCUT2D eigenvalue weighted by Crippen LogP contribution is -1.91. The molecule has 0 radical (unpaired) electrons. The van der Waals surface area contributed by atoms with Gasteiger partial charge in [0.2, 0.25) is 0 Å². The topological polar surface area (TPSA) is 46.2 Å². The average Bonchev–Trinajstić information content (AvgIpc) is 1.85. The Morgan fingerprint density at radius 1 is 1.55 bits per heavy atom. The molecule has 0 aromatic heterocycles. The molecule has 2 nitrogen and oxygen atoms in total. The second kappa shape index (κ2) is 3.43. The molecule has 0 aliphatic rings. The summed E-state index contributed by atoms with van der Waals surface area (Å²) in [4.78, 5) is 0. The van der Waals surface area contributed by atoms with Gasteiger partial charge in [-0.1, -0.05) is 27.5 Å². The molecule has 0 bridgehead atoms. The summed E-state index contributed by atoms with van der Waals surface area (Å²) in [5.74, 6) is 0. The van der Waals surface area contributed by atoms with E-state index in [0.29, 0.717) is 16.3 Å². The third-order valence-electron chi connectivity index (χ3n) is 1.32. The highest BCUT2D eigenvalue weighted by Crippen LogP contribution is 2.27. The van der Waals surface area contributed by atoms with Crippen LogP contribution in [0.2, 0.25) is 5.02 Å². The van der Waals surface area contributed by atoms with Gasteiger partial charge in [-0.15, -0.1) is 0 Å². The van der Waals surface area contributed by atoms with Crippen LogP contribution in [0.3, 0.4) is 0 Å². The first-order valence-corrected chi connectivity index (χ1v) is 4.16. The second-order valence-corrected chi connectivity index (χ2v) is 3.38. The standard InChI is InChI=1S/C7H7BrClNO/c8-6-1-4(10)2-7(9)5(6)3-11/h1-2,11H,3,10H2. The zero-order chi connectivity index (χ0) is 8.43. The molecule has 0 spiro atoms. The number of hydrogen-bond donors (Lipinski definition) is 2. The molecule has 4 heteroatoms. The minimum Gasteiger partial charge on any atom is -0.399 e. The van der Waals surface area contributed by atoms with Gasteiger partial charge in [-0.25, -0.2) is 0 Å². The molecule has 0 saturated carbocycles. The number of halogens is 2. The van der Waals surface area contributed by atoms with Crippen LogP contribution in [0.25, 0.3) is 0 Å². The highest BCUT2D eigenvalue weighted by atomic mass is 79.9. The van der Waals surface area contributed by atoms with Crippen molar-refractivity contribution in [2.45, 2.75) is 6.61 Å². The van der Waals surface area contributed by atoms with Gasteiger partial charge in [0.05, 0.1) is 6.61 Å². The van der Waals surface area contributed by atoms with Crippen molar-refractivity contribution >= 4 is 33.2 Å². The predicted octanol–water partition coefficient (Wildman–Crippen LogP) is 2.18. The summed E-state index contributed by atoms with van der Waals surface area (Å²) in [6.07, 6.45) is 0. The molecular weight excluding hydrogens is 229 g/mol. The molecule has 0 unspecified atom stereocenters. The molecule has 0 fully saturated rings. The van der Waals surface area contributed by atoms with Crippen molar-refractivity contribution in [1.29, 1.82) is 0 Å². The van der Waals surface area contributed by atoms with Gasteiger partial charge < -0.3 is 10.8 Å². The fraction of sp³-hybridized carbons (Fsp3) is 0.143. The lowest BCUT2D eigenvalue weighted by molar-refractivity contribution is 0.281. The third kappa shape index (κ3) is 1.86. The fourth-order valence-electron chi connectivity index (χ4n) is 0.774. The van der Waals surface area contributed by atoms with E-state index < -0.39 is 0 Å². The predicted molar refractivity (Wildman–Crippen MR) is 49.5 cm³/mol. The van der Waals surface area contributed by atoms with Crippen molar-refractivity contribution in [2.75, 3.05) is 5.73 Å². The summed E-state index contributed by atoms with van der Waals surface area (Å²) >= 11 is 9.00. The van der Waals surface area contributed by atoms with Crippen LogP contribution in [0, 0.1) is 0 Å². The van der Waals surface area contributed by atoms with Crippen molar-refractivity contribution in [3.63, 3.8) is 0 Å². The lowest BCUT2D eigenvalue weighted by atomic mass is 10.2. The van der Waals surface area contributed by atoms with Crippen molar-refractivity contribution in [3.05, 3.63) is 27.2 Å². The zero-order valence-electron chi connectivity index (χ0n) is 5.64. The van der Waals surface area contributed by atoms with Crippen LogP contribution in [0.15, 0.2) is 16.6 Å². The van der Waals surface area contributed by atoms with E-state index in [-0.39, 0.29) is 6.61 Å². The van der Waals surface area contributed by atoms with E-state index in [0.717, 1.165) is 4.47 Å². The maximum absolute atomic E-state index is 8.83. The van der Waals surface area contributed by atoms with Crippen LogP contribution in [0.4, 0.5) is 5.69 Å². The summed E-state index contributed by atoms with van der Waals surface area (Å²) in [6, 6.07) is 3.31. The number of benzene rings is 1. The molecule has 60 valence electrons. The minimum atomic E-state index is -0.0836. The lowest BCUT2D eigenvalue weighted by Gasteiger charge is -2.04. The Balaban J connectivity index is 3.25. The van der Waals surface area contributed by atoms with Crippen molar-refractivity contribution in [3.8, 4) is 0 Å². The largest absolute Gasteiger partial charge is 0.399 e. The minimum absolute atomic E-state index is 0.0836. The number of nitrogens with two attached hydrogens (primary N) is 1. The van der Waals surface area contributed by atoms with Gasteiger partial charge in [0.1, 0.15) is 0 Å². The van der Waals surface area contributed by atoms with Crippen LogP contribution >= 0.6 is 27.5 Å². The molecule has 0 atom stereocenters. The molecule has 0 aliphatic carbocycles. The van der Waals surface area contributed by atoms with Crippen LogP contribution in [0.5, 0.6) is 0 Å². The second-order valence-electron chi connectivity index (χ2n) is 2.12. The van der Waals surface area contributed by atoms with E-state index in [1.807, 2.05) is 0 Å². The van der Waals surface area contributed by atoms with Crippen molar-refractivity contribution in [2.24, 2.45) is 0 Å². The van der Waals surface area contributed by atoms with Crippen LogP contribution in [-0.4, -0.2) is 5.11 Å². The van der Waals surface area contributed by atoms with Gasteiger partial charge in [-0.2, -0.15) is 0 Å². The van der Waals surface area contributed by atoms with Crippen LogP contribution in [-0.2, 0) is 6.61 Å². The molecule has 1 rings (SSSR count). The average molecular weight is 236 g/mol. The Kier molecular flexibility index (Phi) is 2.76. The molecule has 3 N–H and O–H groups in total. The molecule has 0 saturated heterocycles. The van der Waals surface area contributed by atoms with Gasteiger partial charge in [0.15, 0.2) is 0 Å². The molecular formula is C7H7BrClNO. The first kappa shape index (κ1) is 8.84. The van der Waals surface area contributed by atoms with Crippen molar-refractivity contribution < 1.29 is 5.11 Å². The zero-order valence-corrected chi connectivity index (χ0v) is 7.98. The number of aliphatic hydroxyl groups is 1. The summed E-state index contributed by atoms with van der Waals surface area (Å²) < 4.78 is 0.741. The number of hydrogen-bond acceptors (Lipinski definition) is 2. The van der Waals surface area contributed by atoms with E-state index in [1.54, 1.807) is 12.1 Å².